The summed E-state index contributed by atoms with van der Waals surface area (Å²) in [4.78, 5) is 24.1. The molecule has 21 heavy (non-hydrogen) atoms. The molecular formula is C15H15ClN2O3. The first-order chi connectivity index (χ1) is 10.1. The molecule has 6 heteroatoms. The molecule has 0 radical (unpaired) electrons. The van der Waals surface area contributed by atoms with Crippen LogP contribution >= 0.6 is 11.6 Å². The summed E-state index contributed by atoms with van der Waals surface area (Å²) in [6.45, 7) is 2.55. The van der Waals surface area contributed by atoms with E-state index in [0.29, 0.717) is 17.8 Å². The topological polar surface area (TPSA) is 71.3 Å². The molecule has 0 aliphatic carbocycles. The van der Waals surface area contributed by atoms with Crippen LogP contribution < -0.4 is 10.6 Å². The molecule has 0 unspecified atom stereocenters. The van der Waals surface area contributed by atoms with Crippen LogP contribution in [0.3, 0.4) is 0 Å². The standard InChI is InChI=1S/C15H15ClN2O3/c1-2-9-17-14(19)10-5-3-4-6-11(10)18-15(20)12-7-8-13(16)21-12/h3-8H,2,9H2,1H3,(H,17,19)(H,18,20). The van der Waals surface area contributed by atoms with E-state index in [0.717, 1.165) is 6.42 Å². The molecule has 0 fully saturated rings. The van der Waals surface area contributed by atoms with Crippen molar-refractivity contribution in [3.63, 3.8) is 0 Å². The number of rotatable bonds is 5. The molecular weight excluding hydrogens is 292 g/mol. The molecule has 5 nitrogen and oxygen atoms in total. The number of hydrogen-bond acceptors (Lipinski definition) is 3. The second-order valence-electron chi connectivity index (χ2n) is 4.36. The number of benzene rings is 1. The number of hydrogen-bond donors (Lipinski definition) is 2. The Morgan fingerprint density at radius 1 is 1.14 bits per heavy atom. The highest BCUT2D eigenvalue weighted by molar-refractivity contribution is 6.29. The maximum atomic E-state index is 12.0. The molecule has 0 bridgehead atoms. The molecule has 1 aromatic heterocycles. The van der Waals surface area contributed by atoms with E-state index < -0.39 is 5.91 Å². The van der Waals surface area contributed by atoms with Gasteiger partial charge in [-0.25, -0.2) is 0 Å². The fourth-order valence-corrected chi connectivity index (χ4v) is 1.89. The second kappa shape index (κ2) is 6.95. The molecule has 1 heterocycles. The highest BCUT2D eigenvalue weighted by Gasteiger charge is 2.15. The summed E-state index contributed by atoms with van der Waals surface area (Å²) in [5.41, 5.74) is 0.820. The first kappa shape index (κ1) is 15.1. The number of carbonyl (C=O) groups is 2. The average molecular weight is 307 g/mol. The Hall–Kier alpha value is -2.27. The molecule has 2 aromatic rings. The Labute approximate surface area is 127 Å². The van der Waals surface area contributed by atoms with Crippen molar-refractivity contribution in [3.05, 3.63) is 52.9 Å². The van der Waals surface area contributed by atoms with Gasteiger partial charge in [0.1, 0.15) is 0 Å². The van der Waals surface area contributed by atoms with Crippen LogP contribution in [0.1, 0.15) is 34.3 Å². The lowest BCUT2D eigenvalue weighted by molar-refractivity contribution is 0.0954. The van der Waals surface area contributed by atoms with E-state index >= 15 is 0 Å². The fraction of sp³-hybridized carbons (Fsp3) is 0.200. The van der Waals surface area contributed by atoms with Crippen molar-refractivity contribution >= 4 is 29.1 Å². The molecule has 0 spiro atoms. The highest BCUT2D eigenvalue weighted by Crippen LogP contribution is 2.18. The van der Waals surface area contributed by atoms with E-state index in [-0.39, 0.29) is 16.9 Å². The van der Waals surface area contributed by atoms with Crippen molar-refractivity contribution in [2.24, 2.45) is 0 Å². The van der Waals surface area contributed by atoms with Crippen LogP contribution in [0.15, 0.2) is 40.8 Å². The fourth-order valence-electron chi connectivity index (χ4n) is 1.74. The minimum absolute atomic E-state index is 0.0868. The van der Waals surface area contributed by atoms with Crippen molar-refractivity contribution in [1.82, 2.24) is 5.32 Å². The number of halogens is 1. The van der Waals surface area contributed by atoms with Gasteiger partial charge in [0, 0.05) is 6.54 Å². The number of amides is 2. The van der Waals surface area contributed by atoms with Crippen molar-refractivity contribution in [1.29, 1.82) is 0 Å². The average Bonchev–Trinajstić information content (AvgIpc) is 2.92. The Bertz CT molecular complexity index is 652. The van der Waals surface area contributed by atoms with Crippen LogP contribution in [0.4, 0.5) is 5.69 Å². The van der Waals surface area contributed by atoms with Crippen molar-refractivity contribution in [2.45, 2.75) is 13.3 Å². The molecule has 110 valence electrons. The first-order valence-corrected chi connectivity index (χ1v) is 6.93. The molecule has 0 saturated heterocycles. The maximum absolute atomic E-state index is 12.0. The van der Waals surface area contributed by atoms with Gasteiger partial charge in [0.05, 0.1) is 11.3 Å². The summed E-state index contributed by atoms with van der Waals surface area (Å²) >= 11 is 5.64. The first-order valence-electron chi connectivity index (χ1n) is 6.55. The number of anilines is 1. The minimum atomic E-state index is -0.461. The van der Waals surface area contributed by atoms with Crippen LogP contribution in [-0.2, 0) is 0 Å². The van der Waals surface area contributed by atoms with Gasteiger partial charge in [-0.3, -0.25) is 9.59 Å². The van der Waals surface area contributed by atoms with Crippen molar-refractivity contribution < 1.29 is 14.0 Å². The van der Waals surface area contributed by atoms with Gasteiger partial charge < -0.3 is 15.1 Å². The summed E-state index contributed by atoms with van der Waals surface area (Å²) in [6.07, 6.45) is 0.838. The third kappa shape index (κ3) is 3.86. The monoisotopic (exact) mass is 306 g/mol. The van der Waals surface area contributed by atoms with E-state index in [9.17, 15) is 9.59 Å². The van der Waals surface area contributed by atoms with Gasteiger partial charge in [-0.15, -0.1) is 0 Å². The smallest absolute Gasteiger partial charge is 0.291 e. The highest BCUT2D eigenvalue weighted by atomic mass is 35.5. The summed E-state index contributed by atoms with van der Waals surface area (Å²) in [6, 6.07) is 9.73. The Morgan fingerprint density at radius 2 is 1.90 bits per heavy atom. The lowest BCUT2D eigenvalue weighted by Gasteiger charge is -2.10. The molecule has 2 amide bonds. The third-order valence-corrected chi connectivity index (χ3v) is 2.96. The Kier molecular flexibility index (Phi) is 5.00. The molecule has 0 saturated carbocycles. The molecule has 0 atom stereocenters. The van der Waals surface area contributed by atoms with Crippen LogP contribution in [0.25, 0.3) is 0 Å². The van der Waals surface area contributed by atoms with Gasteiger partial charge >= 0.3 is 0 Å². The largest absolute Gasteiger partial charge is 0.440 e. The number of para-hydroxylation sites is 1. The van der Waals surface area contributed by atoms with Gasteiger partial charge in [-0.2, -0.15) is 0 Å². The molecule has 0 aliphatic heterocycles. The second-order valence-corrected chi connectivity index (χ2v) is 4.73. The van der Waals surface area contributed by atoms with Crippen molar-refractivity contribution in [2.75, 3.05) is 11.9 Å². The summed E-state index contributed by atoms with van der Waals surface area (Å²) < 4.78 is 5.04. The van der Waals surface area contributed by atoms with Crippen LogP contribution in [0.5, 0.6) is 0 Å². The molecule has 0 aliphatic rings. The van der Waals surface area contributed by atoms with Crippen LogP contribution in [0, 0.1) is 0 Å². The van der Waals surface area contributed by atoms with Gasteiger partial charge in [-0.1, -0.05) is 19.1 Å². The van der Waals surface area contributed by atoms with Crippen molar-refractivity contribution in [3.8, 4) is 0 Å². The van der Waals surface area contributed by atoms with Gasteiger partial charge in [0.25, 0.3) is 11.8 Å². The zero-order chi connectivity index (χ0) is 15.2. The van der Waals surface area contributed by atoms with E-state index in [1.807, 2.05) is 6.92 Å². The van der Waals surface area contributed by atoms with Crippen LogP contribution in [0.2, 0.25) is 5.22 Å². The number of nitrogens with one attached hydrogen (secondary N) is 2. The van der Waals surface area contributed by atoms with E-state index in [4.69, 9.17) is 16.0 Å². The third-order valence-electron chi connectivity index (χ3n) is 2.75. The summed E-state index contributed by atoms with van der Waals surface area (Å²) in [7, 11) is 0. The quantitative estimate of drug-likeness (QED) is 0.890. The van der Waals surface area contributed by atoms with Gasteiger partial charge in [0.15, 0.2) is 11.0 Å². The molecule has 2 rings (SSSR count). The van der Waals surface area contributed by atoms with Gasteiger partial charge in [0.2, 0.25) is 0 Å². The lowest BCUT2D eigenvalue weighted by Crippen LogP contribution is -2.25. The zero-order valence-electron chi connectivity index (χ0n) is 11.5. The Morgan fingerprint density at radius 3 is 2.57 bits per heavy atom. The summed E-state index contributed by atoms with van der Waals surface area (Å²) in [5, 5.41) is 5.55. The van der Waals surface area contributed by atoms with E-state index in [1.165, 1.54) is 12.1 Å². The zero-order valence-corrected chi connectivity index (χ0v) is 12.2. The number of furan rings is 1. The maximum Gasteiger partial charge on any atom is 0.291 e. The number of carbonyl (C=O) groups excluding carboxylic acids is 2. The lowest BCUT2D eigenvalue weighted by atomic mass is 10.1. The van der Waals surface area contributed by atoms with E-state index in [1.54, 1.807) is 24.3 Å². The van der Waals surface area contributed by atoms with E-state index in [2.05, 4.69) is 10.6 Å². The predicted molar refractivity (Wildman–Crippen MR) is 80.7 cm³/mol. The van der Waals surface area contributed by atoms with Crippen LogP contribution in [-0.4, -0.2) is 18.4 Å². The minimum Gasteiger partial charge on any atom is -0.440 e. The molecule has 1 aromatic carbocycles. The normalized spacial score (nSPS) is 10.2. The summed E-state index contributed by atoms with van der Waals surface area (Å²) in [5.74, 6) is -0.605. The Balaban J connectivity index is 2.16. The molecule has 2 N–H and O–H groups in total. The SMILES string of the molecule is CCCNC(=O)c1ccccc1NC(=O)c1ccc(Cl)o1. The predicted octanol–water partition coefficient (Wildman–Crippen LogP) is 3.33. The van der Waals surface area contributed by atoms with Gasteiger partial charge in [-0.05, 0) is 42.3 Å².